The highest BCUT2D eigenvalue weighted by atomic mass is 32.2. The summed E-state index contributed by atoms with van der Waals surface area (Å²) >= 11 is 0.995. The second-order valence-corrected chi connectivity index (χ2v) is 4.53. The lowest BCUT2D eigenvalue weighted by atomic mass is 10.2. The maximum absolute atomic E-state index is 13.5. The molecule has 0 fully saturated rings. The quantitative estimate of drug-likeness (QED) is 0.776. The highest BCUT2D eigenvalue weighted by molar-refractivity contribution is 7.99. The van der Waals surface area contributed by atoms with Gasteiger partial charge in [0.15, 0.2) is 0 Å². The molecule has 1 aromatic carbocycles. The molecule has 7 nitrogen and oxygen atoms in total. The van der Waals surface area contributed by atoms with E-state index in [4.69, 9.17) is 5.26 Å². The fourth-order valence-electron chi connectivity index (χ4n) is 1.35. The first-order chi connectivity index (χ1) is 9.65. The molecule has 9 heteroatoms. The lowest BCUT2D eigenvalue weighted by molar-refractivity contribution is -0.141. The number of esters is 1. The van der Waals surface area contributed by atoms with Crippen LogP contribution in [0.1, 0.15) is 5.56 Å². The zero-order valence-electron chi connectivity index (χ0n) is 10.3. The second-order valence-electron chi connectivity index (χ2n) is 3.52. The first-order valence-corrected chi connectivity index (χ1v) is 6.16. The molecule has 0 aliphatic rings. The molecule has 0 saturated heterocycles. The molecule has 1 aromatic heterocycles. The summed E-state index contributed by atoms with van der Waals surface area (Å²) in [5, 5.41) is 20.0. The molecule has 0 aliphatic heterocycles. The molecule has 102 valence electrons. The van der Waals surface area contributed by atoms with E-state index in [0.717, 1.165) is 11.8 Å². The van der Waals surface area contributed by atoms with Gasteiger partial charge in [-0.3, -0.25) is 4.79 Å². The van der Waals surface area contributed by atoms with Crippen LogP contribution < -0.4 is 0 Å². The fourth-order valence-corrected chi connectivity index (χ4v) is 2.22. The van der Waals surface area contributed by atoms with E-state index in [9.17, 15) is 9.18 Å². The van der Waals surface area contributed by atoms with Gasteiger partial charge in [0, 0.05) is 4.90 Å². The molecule has 1 heterocycles. The van der Waals surface area contributed by atoms with Gasteiger partial charge in [0.05, 0.1) is 7.11 Å². The Balaban J connectivity index is 2.28. The first kappa shape index (κ1) is 14.0. The van der Waals surface area contributed by atoms with Crippen LogP contribution in [0, 0.1) is 17.1 Å². The summed E-state index contributed by atoms with van der Waals surface area (Å²) in [6.07, 6.45) is 0. The van der Waals surface area contributed by atoms with E-state index in [0.29, 0.717) is 4.90 Å². The standard InChI is InChI=1S/C11H8FN5O2S/c1-19-10(18)6-17-11(14-15-16-17)20-9-4-2-3-8(12)7(9)5-13/h2-4H,6H2,1H3. The number of carbonyl (C=O) groups excluding carboxylic acids is 1. The molecule has 0 amide bonds. The third-order valence-electron chi connectivity index (χ3n) is 2.29. The molecule has 0 saturated carbocycles. The van der Waals surface area contributed by atoms with Crippen molar-refractivity contribution >= 4 is 17.7 Å². The van der Waals surface area contributed by atoms with E-state index >= 15 is 0 Å². The summed E-state index contributed by atoms with van der Waals surface area (Å²) in [5.74, 6) is -1.14. The Hall–Kier alpha value is -2.47. The predicted molar refractivity (Wildman–Crippen MR) is 65.1 cm³/mol. The number of methoxy groups -OCH3 is 1. The number of halogens is 1. The third-order valence-corrected chi connectivity index (χ3v) is 3.33. The van der Waals surface area contributed by atoms with E-state index in [1.165, 1.54) is 23.9 Å². The van der Waals surface area contributed by atoms with Crippen LogP contribution in [0.4, 0.5) is 4.39 Å². The number of hydrogen-bond donors (Lipinski definition) is 0. The van der Waals surface area contributed by atoms with Gasteiger partial charge < -0.3 is 4.74 Å². The topological polar surface area (TPSA) is 93.7 Å². The normalized spacial score (nSPS) is 10.1. The molecule has 0 atom stereocenters. The Labute approximate surface area is 117 Å². The molecule has 0 unspecified atom stereocenters. The van der Waals surface area contributed by atoms with Crippen molar-refractivity contribution in [3.05, 3.63) is 29.6 Å². The van der Waals surface area contributed by atoms with Crippen LogP contribution in [0.2, 0.25) is 0 Å². The number of rotatable bonds is 4. The van der Waals surface area contributed by atoms with Gasteiger partial charge in [-0.2, -0.15) is 5.26 Å². The number of ether oxygens (including phenoxy) is 1. The van der Waals surface area contributed by atoms with Gasteiger partial charge in [-0.1, -0.05) is 6.07 Å². The van der Waals surface area contributed by atoms with Gasteiger partial charge in [-0.25, -0.2) is 9.07 Å². The Bertz CT molecular complexity index is 682. The minimum atomic E-state index is -0.621. The van der Waals surface area contributed by atoms with Gasteiger partial charge in [-0.15, -0.1) is 5.10 Å². The van der Waals surface area contributed by atoms with Crippen molar-refractivity contribution in [2.75, 3.05) is 7.11 Å². The molecule has 0 radical (unpaired) electrons. The average Bonchev–Trinajstić information content (AvgIpc) is 2.86. The van der Waals surface area contributed by atoms with Crippen LogP contribution in [0.25, 0.3) is 0 Å². The minimum Gasteiger partial charge on any atom is -0.468 e. The number of aromatic nitrogens is 4. The highest BCUT2D eigenvalue weighted by Gasteiger charge is 2.15. The maximum atomic E-state index is 13.5. The Morgan fingerprint density at radius 3 is 3.10 bits per heavy atom. The summed E-state index contributed by atoms with van der Waals surface area (Å²) < 4.78 is 19.2. The Kier molecular flexibility index (Phi) is 4.27. The number of nitriles is 1. The van der Waals surface area contributed by atoms with Gasteiger partial charge in [0.25, 0.3) is 0 Å². The van der Waals surface area contributed by atoms with Crippen molar-refractivity contribution in [3.8, 4) is 6.07 Å². The van der Waals surface area contributed by atoms with Crippen LogP contribution in [0.3, 0.4) is 0 Å². The van der Waals surface area contributed by atoms with Gasteiger partial charge in [0.1, 0.15) is 24.0 Å². The van der Waals surface area contributed by atoms with Gasteiger partial charge >= 0.3 is 5.97 Å². The smallest absolute Gasteiger partial charge is 0.327 e. The molecule has 0 bridgehead atoms. The number of benzene rings is 1. The van der Waals surface area contributed by atoms with Crippen molar-refractivity contribution < 1.29 is 13.9 Å². The first-order valence-electron chi connectivity index (χ1n) is 5.35. The van der Waals surface area contributed by atoms with Crippen LogP contribution >= 0.6 is 11.8 Å². The fraction of sp³-hybridized carbons (Fsp3) is 0.182. The van der Waals surface area contributed by atoms with Crippen molar-refractivity contribution in [1.82, 2.24) is 20.2 Å². The number of tetrazole rings is 1. The number of nitrogens with zero attached hydrogens (tertiary/aromatic N) is 5. The average molecular weight is 293 g/mol. The molecule has 0 N–H and O–H groups in total. The summed E-state index contributed by atoms with van der Waals surface area (Å²) in [6, 6.07) is 6.03. The number of carbonyl (C=O) groups is 1. The molecular weight excluding hydrogens is 285 g/mol. The molecule has 2 aromatic rings. The maximum Gasteiger partial charge on any atom is 0.327 e. The van der Waals surface area contributed by atoms with Crippen LogP contribution in [0.5, 0.6) is 0 Å². The van der Waals surface area contributed by atoms with Crippen LogP contribution in [0.15, 0.2) is 28.3 Å². The molecule has 20 heavy (non-hydrogen) atoms. The number of hydrogen-bond acceptors (Lipinski definition) is 7. The van der Waals surface area contributed by atoms with E-state index < -0.39 is 11.8 Å². The molecular formula is C11H8FN5O2S. The van der Waals surface area contributed by atoms with Crippen LogP contribution in [-0.4, -0.2) is 33.3 Å². The van der Waals surface area contributed by atoms with Crippen molar-refractivity contribution in [1.29, 1.82) is 5.26 Å². The SMILES string of the molecule is COC(=O)Cn1nnnc1Sc1cccc(F)c1C#N. The Morgan fingerprint density at radius 1 is 1.60 bits per heavy atom. The summed E-state index contributed by atoms with van der Waals surface area (Å²) in [5.41, 5.74) is -0.0925. The second kappa shape index (κ2) is 6.12. The van der Waals surface area contributed by atoms with E-state index in [1.54, 1.807) is 12.1 Å². The molecule has 0 spiro atoms. The van der Waals surface area contributed by atoms with Crippen molar-refractivity contribution in [3.63, 3.8) is 0 Å². The van der Waals surface area contributed by atoms with Crippen LogP contribution in [-0.2, 0) is 16.1 Å². The van der Waals surface area contributed by atoms with Gasteiger partial charge in [-0.05, 0) is 34.3 Å². The van der Waals surface area contributed by atoms with E-state index in [2.05, 4.69) is 20.3 Å². The monoisotopic (exact) mass is 293 g/mol. The highest BCUT2D eigenvalue weighted by Crippen LogP contribution is 2.29. The molecule has 0 aliphatic carbocycles. The Morgan fingerprint density at radius 2 is 2.40 bits per heavy atom. The largest absolute Gasteiger partial charge is 0.468 e. The summed E-state index contributed by atoms with van der Waals surface area (Å²) in [7, 11) is 1.25. The zero-order valence-corrected chi connectivity index (χ0v) is 11.1. The van der Waals surface area contributed by atoms with E-state index in [-0.39, 0.29) is 17.3 Å². The van der Waals surface area contributed by atoms with Gasteiger partial charge in [0.2, 0.25) is 5.16 Å². The third kappa shape index (κ3) is 2.92. The predicted octanol–water partition coefficient (Wildman–Crippen LogP) is 1.01. The van der Waals surface area contributed by atoms with Crippen molar-refractivity contribution in [2.45, 2.75) is 16.6 Å². The summed E-state index contributed by atoms with van der Waals surface area (Å²) in [6.45, 7) is -0.164. The zero-order chi connectivity index (χ0) is 14.5. The van der Waals surface area contributed by atoms with E-state index in [1.807, 2.05) is 0 Å². The lowest BCUT2D eigenvalue weighted by Gasteiger charge is -2.04. The van der Waals surface area contributed by atoms with Crippen molar-refractivity contribution in [2.24, 2.45) is 0 Å². The summed E-state index contributed by atoms with van der Waals surface area (Å²) in [4.78, 5) is 11.6. The lowest BCUT2D eigenvalue weighted by Crippen LogP contribution is -2.13. The minimum absolute atomic E-state index is 0.0925. The molecule has 2 rings (SSSR count).